The Morgan fingerprint density at radius 1 is 1.33 bits per heavy atom. The Bertz CT molecular complexity index is 306. The summed E-state index contributed by atoms with van der Waals surface area (Å²) in [5.41, 5.74) is 5.66. The van der Waals surface area contributed by atoms with E-state index in [1.165, 1.54) is 0 Å². The van der Waals surface area contributed by atoms with E-state index in [1.54, 1.807) is 0 Å². The Morgan fingerprint density at radius 2 is 1.94 bits per heavy atom. The van der Waals surface area contributed by atoms with E-state index in [2.05, 4.69) is 10.1 Å². The molecule has 0 radical (unpaired) electrons. The van der Waals surface area contributed by atoms with Crippen LogP contribution in [0.2, 0.25) is 0 Å². The third-order valence-electron chi connectivity index (χ3n) is 2.34. The van der Waals surface area contributed by atoms with Gasteiger partial charge < -0.3 is 20.9 Å². The number of nitrogens with two attached hydrogens (primary N) is 1. The summed E-state index contributed by atoms with van der Waals surface area (Å²) in [5, 5.41) is 11.1. The van der Waals surface area contributed by atoms with Crippen LogP contribution in [0.1, 0.15) is 32.6 Å². The summed E-state index contributed by atoms with van der Waals surface area (Å²) in [7, 11) is 1.15. The van der Waals surface area contributed by atoms with Crippen molar-refractivity contribution in [3.63, 3.8) is 0 Å². The van der Waals surface area contributed by atoms with Crippen molar-refractivity contribution in [3.8, 4) is 0 Å². The van der Waals surface area contributed by atoms with Gasteiger partial charge in [0, 0.05) is 12.5 Å². The van der Waals surface area contributed by atoms with Crippen molar-refractivity contribution < 1.29 is 24.2 Å². The monoisotopic (exact) mass is 260 g/mol. The van der Waals surface area contributed by atoms with E-state index < -0.39 is 30.3 Å². The van der Waals surface area contributed by atoms with E-state index in [1.807, 2.05) is 6.92 Å². The van der Waals surface area contributed by atoms with Crippen LogP contribution in [0.5, 0.6) is 0 Å². The summed E-state index contributed by atoms with van der Waals surface area (Å²) >= 11 is 0. The molecule has 0 aliphatic carbocycles. The first-order chi connectivity index (χ1) is 8.40. The minimum Gasteiger partial charge on any atom is -0.480 e. The van der Waals surface area contributed by atoms with Crippen LogP contribution in [0, 0.1) is 0 Å². The fourth-order valence-corrected chi connectivity index (χ4v) is 1.41. The fraction of sp³-hybridized carbons (Fsp3) is 0.727. The molecule has 0 rings (SSSR count). The minimum atomic E-state index is -1.28. The van der Waals surface area contributed by atoms with Gasteiger partial charge in [-0.3, -0.25) is 9.59 Å². The van der Waals surface area contributed by atoms with Crippen LogP contribution < -0.4 is 11.1 Å². The van der Waals surface area contributed by atoms with E-state index in [4.69, 9.17) is 10.8 Å². The Balaban J connectivity index is 4.28. The van der Waals surface area contributed by atoms with Crippen molar-refractivity contribution in [1.82, 2.24) is 5.32 Å². The largest absolute Gasteiger partial charge is 0.480 e. The topological polar surface area (TPSA) is 119 Å². The molecule has 0 aliphatic rings. The SMILES string of the molecule is CCCC(N)CC(=O)N[C@@H](CC(=O)OC)C(=O)O. The van der Waals surface area contributed by atoms with Gasteiger partial charge in [-0.15, -0.1) is 0 Å². The van der Waals surface area contributed by atoms with Crippen LogP contribution in [0.25, 0.3) is 0 Å². The molecular formula is C11H20N2O5. The smallest absolute Gasteiger partial charge is 0.326 e. The molecule has 0 fully saturated rings. The van der Waals surface area contributed by atoms with Gasteiger partial charge in [0.1, 0.15) is 6.04 Å². The van der Waals surface area contributed by atoms with E-state index in [9.17, 15) is 14.4 Å². The van der Waals surface area contributed by atoms with Gasteiger partial charge in [-0.2, -0.15) is 0 Å². The predicted octanol–water partition coefficient (Wildman–Crippen LogP) is -0.364. The van der Waals surface area contributed by atoms with Crippen molar-refractivity contribution in [1.29, 1.82) is 0 Å². The number of carboxylic acids is 1. The molecule has 0 spiro atoms. The molecule has 1 amide bonds. The zero-order valence-corrected chi connectivity index (χ0v) is 10.6. The number of esters is 1. The number of carbonyl (C=O) groups excluding carboxylic acids is 2. The molecule has 0 aromatic heterocycles. The lowest BCUT2D eigenvalue weighted by atomic mass is 10.1. The molecule has 0 aromatic rings. The quantitative estimate of drug-likeness (QED) is 0.513. The Kier molecular flexibility index (Phi) is 7.69. The number of hydrogen-bond acceptors (Lipinski definition) is 5. The molecule has 2 atom stereocenters. The number of carboxylic acid groups (broad SMARTS) is 1. The van der Waals surface area contributed by atoms with Gasteiger partial charge >= 0.3 is 11.9 Å². The lowest BCUT2D eigenvalue weighted by Crippen LogP contribution is -2.44. The average Bonchev–Trinajstić information content (AvgIpc) is 2.27. The molecule has 4 N–H and O–H groups in total. The van der Waals surface area contributed by atoms with Crippen molar-refractivity contribution >= 4 is 17.8 Å². The van der Waals surface area contributed by atoms with Crippen molar-refractivity contribution in [3.05, 3.63) is 0 Å². The number of carbonyl (C=O) groups is 3. The Labute approximate surface area is 106 Å². The van der Waals surface area contributed by atoms with Gasteiger partial charge in [0.2, 0.25) is 5.91 Å². The molecule has 104 valence electrons. The molecule has 0 heterocycles. The lowest BCUT2D eigenvalue weighted by Gasteiger charge is -2.15. The van der Waals surface area contributed by atoms with Crippen LogP contribution in [-0.2, 0) is 19.1 Å². The van der Waals surface area contributed by atoms with Gasteiger partial charge in [0.05, 0.1) is 13.5 Å². The second-order valence-corrected chi connectivity index (χ2v) is 3.99. The maximum absolute atomic E-state index is 11.5. The molecule has 0 aromatic carbocycles. The highest BCUT2D eigenvalue weighted by Crippen LogP contribution is 2.01. The van der Waals surface area contributed by atoms with Gasteiger partial charge in [0.15, 0.2) is 0 Å². The Morgan fingerprint density at radius 3 is 2.39 bits per heavy atom. The summed E-state index contributed by atoms with van der Waals surface area (Å²) in [6, 6.07) is -1.58. The first-order valence-electron chi connectivity index (χ1n) is 5.75. The summed E-state index contributed by atoms with van der Waals surface area (Å²) in [6.07, 6.45) is 1.17. The Hall–Kier alpha value is -1.63. The van der Waals surface area contributed by atoms with Crippen LogP contribution in [-0.4, -0.2) is 42.1 Å². The molecule has 7 nitrogen and oxygen atoms in total. The first kappa shape index (κ1) is 16.4. The zero-order valence-electron chi connectivity index (χ0n) is 10.6. The van der Waals surface area contributed by atoms with Crippen LogP contribution in [0.3, 0.4) is 0 Å². The number of aliphatic carboxylic acids is 1. The molecule has 0 saturated heterocycles. The van der Waals surface area contributed by atoms with E-state index in [0.717, 1.165) is 13.5 Å². The first-order valence-corrected chi connectivity index (χ1v) is 5.75. The van der Waals surface area contributed by atoms with Crippen molar-refractivity contribution in [2.24, 2.45) is 5.73 Å². The second kappa shape index (κ2) is 8.46. The lowest BCUT2D eigenvalue weighted by molar-refractivity contribution is -0.148. The van der Waals surface area contributed by atoms with Crippen LogP contribution in [0.15, 0.2) is 0 Å². The van der Waals surface area contributed by atoms with Crippen LogP contribution >= 0.6 is 0 Å². The highest BCUT2D eigenvalue weighted by Gasteiger charge is 2.24. The predicted molar refractivity (Wildman–Crippen MR) is 63.7 cm³/mol. The maximum Gasteiger partial charge on any atom is 0.326 e. The highest BCUT2D eigenvalue weighted by molar-refractivity contribution is 5.87. The highest BCUT2D eigenvalue weighted by atomic mass is 16.5. The number of hydrogen-bond donors (Lipinski definition) is 3. The summed E-state index contributed by atoms with van der Waals surface area (Å²) in [6.45, 7) is 1.94. The number of ether oxygens (including phenoxy) is 1. The summed E-state index contributed by atoms with van der Waals surface area (Å²) < 4.78 is 4.35. The normalized spacial score (nSPS) is 13.5. The number of rotatable bonds is 8. The van der Waals surface area contributed by atoms with Gasteiger partial charge in [-0.25, -0.2) is 4.79 Å². The third-order valence-corrected chi connectivity index (χ3v) is 2.34. The van der Waals surface area contributed by atoms with E-state index in [-0.39, 0.29) is 12.5 Å². The number of amides is 1. The van der Waals surface area contributed by atoms with Crippen LogP contribution in [0.4, 0.5) is 0 Å². The van der Waals surface area contributed by atoms with Gasteiger partial charge in [0.25, 0.3) is 0 Å². The molecular weight excluding hydrogens is 240 g/mol. The molecule has 0 saturated carbocycles. The van der Waals surface area contributed by atoms with Gasteiger partial charge in [-0.1, -0.05) is 13.3 Å². The number of nitrogens with one attached hydrogen (secondary N) is 1. The van der Waals surface area contributed by atoms with Crippen molar-refractivity contribution in [2.75, 3.05) is 7.11 Å². The zero-order chi connectivity index (χ0) is 14.1. The molecule has 0 bridgehead atoms. The summed E-state index contributed by atoms with van der Waals surface area (Å²) in [5.74, 6) is -2.45. The molecule has 18 heavy (non-hydrogen) atoms. The van der Waals surface area contributed by atoms with Crippen molar-refractivity contribution in [2.45, 2.75) is 44.7 Å². The molecule has 1 unspecified atom stereocenters. The fourth-order valence-electron chi connectivity index (χ4n) is 1.41. The molecule has 0 aliphatic heterocycles. The number of methoxy groups -OCH3 is 1. The average molecular weight is 260 g/mol. The standard InChI is InChI=1S/C11H20N2O5/c1-3-4-7(12)5-9(14)13-8(11(16)17)6-10(15)18-2/h7-8H,3-6,12H2,1-2H3,(H,13,14)(H,16,17)/t7?,8-/m0/s1. The molecule has 7 heteroatoms. The van der Waals surface area contributed by atoms with E-state index in [0.29, 0.717) is 6.42 Å². The third kappa shape index (κ3) is 6.85. The van der Waals surface area contributed by atoms with Gasteiger partial charge in [-0.05, 0) is 6.42 Å². The maximum atomic E-state index is 11.5. The minimum absolute atomic E-state index is 0.0405. The second-order valence-electron chi connectivity index (χ2n) is 3.99. The summed E-state index contributed by atoms with van der Waals surface area (Å²) in [4.78, 5) is 33.3. The van der Waals surface area contributed by atoms with E-state index >= 15 is 0 Å².